The average Bonchev–Trinajstić information content (AvgIpc) is 2.99. The first-order chi connectivity index (χ1) is 14.1. The minimum absolute atomic E-state index is 0.0646. The smallest absolute Gasteiger partial charge is 0.0508 e. The summed E-state index contributed by atoms with van der Waals surface area (Å²) >= 11 is 3.58. The summed E-state index contributed by atoms with van der Waals surface area (Å²) in [4.78, 5) is 2.37. The third kappa shape index (κ3) is 2.90. The van der Waals surface area contributed by atoms with Gasteiger partial charge in [-0.05, 0) is 64.7 Å². The van der Waals surface area contributed by atoms with Crippen molar-refractivity contribution in [1.82, 2.24) is 0 Å². The second kappa shape index (κ2) is 6.89. The van der Waals surface area contributed by atoms with Crippen LogP contribution >= 0.6 is 15.9 Å². The highest BCUT2D eigenvalue weighted by atomic mass is 79.9. The maximum absolute atomic E-state index is 3.58. The van der Waals surface area contributed by atoms with E-state index in [-0.39, 0.29) is 5.41 Å². The second-order valence-electron chi connectivity index (χ2n) is 8.02. The van der Waals surface area contributed by atoms with Crippen molar-refractivity contribution in [3.05, 3.63) is 113 Å². The van der Waals surface area contributed by atoms with Gasteiger partial charge in [0.25, 0.3) is 0 Å². The second-order valence-corrected chi connectivity index (χ2v) is 8.93. The number of para-hydroxylation sites is 1. The van der Waals surface area contributed by atoms with Crippen LogP contribution < -0.4 is 4.90 Å². The number of anilines is 3. The third-order valence-corrected chi connectivity index (χ3v) is 6.43. The number of halogens is 1. The van der Waals surface area contributed by atoms with E-state index in [4.69, 9.17) is 0 Å². The molecule has 0 radical (unpaired) electrons. The van der Waals surface area contributed by atoms with Gasteiger partial charge in [-0.3, -0.25) is 0 Å². The molecule has 0 saturated heterocycles. The van der Waals surface area contributed by atoms with Crippen LogP contribution in [0.5, 0.6) is 0 Å². The Kier molecular flexibility index (Phi) is 4.33. The van der Waals surface area contributed by atoms with Gasteiger partial charge in [0, 0.05) is 21.3 Å². The molecule has 0 N–H and O–H groups in total. The Hall–Kier alpha value is -2.84. The molecule has 0 unspecified atom stereocenters. The van der Waals surface area contributed by atoms with Crippen molar-refractivity contribution in [3.8, 4) is 11.1 Å². The van der Waals surface area contributed by atoms with Crippen LogP contribution in [0.3, 0.4) is 0 Å². The highest BCUT2D eigenvalue weighted by Gasteiger charge is 2.38. The fourth-order valence-electron chi connectivity index (χ4n) is 4.60. The maximum Gasteiger partial charge on any atom is 0.0508 e. The number of nitrogens with zero attached hydrogens (tertiary/aromatic N) is 1. The Morgan fingerprint density at radius 1 is 0.621 bits per heavy atom. The summed E-state index contributed by atoms with van der Waals surface area (Å²) in [6.07, 6.45) is 0. The van der Waals surface area contributed by atoms with Crippen molar-refractivity contribution in [3.63, 3.8) is 0 Å². The fourth-order valence-corrected chi connectivity index (χ4v) is 4.86. The summed E-state index contributed by atoms with van der Waals surface area (Å²) in [5.74, 6) is 0. The number of hydrogen-bond acceptors (Lipinski definition) is 1. The van der Waals surface area contributed by atoms with Crippen molar-refractivity contribution in [2.24, 2.45) is 0 Å². The molecular formula is C27H22BrN. The van der Waals surface area contributed by atoms with Crippen LogP contribution in [0.4, 0.5) is 17.1 Å². The van der Waals surface area contributed by atoms with Gasteiger partial charge in [0.15, 0.2) is 0 Å². The Labute approximate surface area is 180 Å². The third-order valence-electron chi connectivity index (χ3n) is 5.90. The average molecular weight is 440 g/mol. The lowest BCUT2D eigenvalue weighted by molar-refractivity contribution is 0.661. The molecule has 0 saturated carbocycles. The topological polar surface area (TPSA) is 3.24 Å². The number of benzene rings is 4. The van der Waals surface area contributed by atoms with E-state index >= 15 is 0 Å². The van der Waals surface area contributed by atoms with Crippen molar-refractivity contribution >= 4 is 33.0 Å². The standard InChI is InChI=1S/C27H22BrN/c1-27(2)24-13-7-6-11-22(24)23-12-8-14-25(26(23)27)29(20-9-4-3-5-10-20)21-17-15-19(28)16-18-21/h3-18H,1-2H3. The minimum atomic E-state index is -0.0646. The molecule has 0 atom stereocenters. The van der Waals surface area contributed by atoms with Gasteiger partial charge >= 0.3 is 0 Å². The van der Waals surface area contributed by atoms with Crippen LogP contribution in [0.1, 0.15) is 25.0 Å². The molecule has 29 heavy (non-hydrogen) atoms. The normalized spacial score (nSPS) is 13.6. The van der Waals surface area contributed by atoms with E-state index in [2.05, 4.69) is 132 Å². The van der Waals surface area contributed by atoms with E-state index in [1.165, 1.54) is 27.9 Å². The molecule has 142 valence electrons. The van der Waals surface area contributed by atoms with Gasteiger partial charge in [-0.2, -0.15) is 0 Å². The van der Waals surface area contributed by atoms with Crippen LogP contribution in [0.15, 0.2) is 102 Å². The molecule has 0 heterocycles. The molecule has 1 aliphatic rings. The summed E-state index contributed by atoms with van der Waals surface area (Å²) in [5, 5.41) is 0. The van der Waals surface area contributed by atoms with Crippen LogP contribution in [0, 0.1) is 0 Å². The number of hydrogen-bond donors (Lipinski definition) is 0. The van der Waals surface area contributed by atoms with Gasteiger partial charge < -0.3 is 4.90 Å². The van der Waals surface area contributed by atoms with Crippen molar-refractivity contribution < 1.29 is 0 Å². The molecule has 0 fully saturated rings. The Balaban J connectivity index is 1.79. The molecule has 0 aromatic heterocycles. The van der Waals surface area contributed by atoms with Gasteiger partial charge in [-0.25, -0.2) is 0 Å². The highest BCUT2D eigenvalue weighted by Crippen LogP contribution is 2.53. The zero-order chi connectivity index (χ0) is 20.0. The van der Waals surface area contributed by atoms with Crippen LogP contribution in [0.2, 0.25) is 0 Å². The lowest BCUT2D eigenvalue weighted by Gasteiger charge is -2.32. The predicted molar refractivity (Wildman–Crippen MR) is 126 cm³/mol. The quantitative estimate of drug-likeness (QED) is 0.310. The molecule has 4 aromatic carbocycles. The van der Waals surface area contributed by atoms with Gasteiger partial charge in [0.05, 0.1) is 5.69 Å². The van der Waals surface area contributed by atoms with Crippen molar-refractivity contribution in [2.45, 2.75) is 19.3 Å². The summed E-state index contributed by atoms with van der Waals surface area (Å²) in [6, 6.07) is 34.7. The molecule has 2 heteroatoms. The molecule has 0 aliphatic heterocycles. The fraction of sp³-hybridized carbons (Fsp3) is 0.111. The first-order valence-corrected chi connectivity index (χ1v) is 10.7. The number of rotatable bonds is 3. The van der Waals surface area contributed by atoms with Gasteiger partial charge in [-0.1, -0.05) is 84.4 Å². The Bertz CT molecular complexity index is 1180. The summed E-state index contributed by atoms with van der Waals surface area (Å²) < 4.78 is 1.08. The monoisotopic (exact) mass is 439 g/mol. The molecule has 1 aliphatic carbocycles. The molecule has 4 aromatic rings. The van der Waals surface area contributed by atoms with E-state index in [1.807, 2.05) is 0 Å². The van der Waals surface area contributed by atoms with E-state index in [0.29, 0.717) is 0 Å². The summed E-state index contributed by atoms with van der Waals surface area (Å²) in [5.41, 5.74) is 8.94. The Morgan fingerprint density at radius 3 is 2.00 bits per heavy atom. The van der Waals surface area contributed by atoms with Crippen LogP contribution in [-0.2, 0) is 5.41 Å². The SMILES string of the molecule is CC1(C)c2ccccc2-c2cccc(N(c3ccccc3)c3ccc(Br)cc3)c21. The predicted octanol–water partition coefficient (Wildman–Crippen LogP) is 8.23. The zero-order valence-electron chi connectivity index (χ0n) is 16.6. The van der Waals surface area contributed by atoms with Crippen LogP contribution in [0.25, 0.3) is 11.1 Å². The van der Waals surface area contributed by atoms with Crippen LogP contribution in [-0.4, -0.2) is 0 Å². The van der Waals surface area contributed by atoms with E-state index < -0.39 is 0 Å². The summed E-state index contributed by atoms with van der Waals surface area (Å²) in [6.45, 7) is 4.68. The maximum atomic E-state index is 3.58. The molecule has 1 nitrogen and oxygen atoms in total. The molecule has 5 rings (SSSR count). The molecular weight excluding hydrogens is 418 g/mol. The first kappa shape index (κ1) is 18.2. The lowest BCUT2D eigenvalue weighted by atomic mass is 9.81. The lowest BCUT2D eigenvalue weighted by Crippen LogP contribution is -2.20. The molecule has 0 bridgehead atoms. The minimum Gasteiger partial charge on any atom is -0.310 e. The van der Waals surface area contributed by atoms with Crippen molar-refractivity contribution in [1.29, 1.82) is 0 Å². The summed E-state index contributed by atoms with van der Waals surface area (Å²) in [7, 11) is 0. The van der Waals surface area contributed by atoms with E-state index in [0.717, 1.165) is 15.8 Å². The van der Waals surface area contributed by atoms with Gasteiger partial charge in [-0.15, -0.1) is 0 Å². The van der Waals surface area contributed by atoms with Gasteiger partial charge in [0.2, 0.25) is 0 Å². The largest absolute Gasteiger partial charge is 0.310 e. The van der Waals surface area contributed by atoms with E-state index in [9.17, 15) is 0 Å². The van der Waals surface area contributed by atoms with Gasteiger partial charge in [0.1, 0.15) is 0 Å². The van der Waals surface area contributed by atoms with Crippen molar-refractivity contribution in [2.75, 3.05) is 4.90 Å². The highest BCUT2D eigenvalue weighted by molar-refractivity contribution is 9.10. The first-order valence-electron chi connectivity index (χ1n) is 9.91. The Morgan fingerprint density at radius 2 is 1.24 bits per heavy atom. The zero-order valence-corrected chi connectivity index (χ0v) is 18.1. The number of fused-ring (bicyclic) bond motifs is 3. The molecule has 0 amide bonds. The molecule has 0 spiro atoms. The van der Waals surface area contributed by atoms with E-state index in [1.54, 1.807) is 0 Å².